The van der Waals surface area contributed by atoms with Gasteiger partial charge in [0.2, 0.25) is 0 Å². The van der Waals surface area contributed by atoms with Crippen molar-refractivity contribution >= 4 is 0 Å². The zero-order chi connectivity index (χ0) is 8.27. The van der Waals surface area contributed by atoms with E-state index in [0.29, 0.717) is 25.1 Å². The standard InChI is InChI=1S/C8H14N2O/c1-6-5-11-8(3-9)4-10-7(6)2/h6-8,10H,4-5H2,1-2H3. The zero-order valence-corrected chi connectivity index (χ0v) is 7.00. The minimum atomic E-state index is -0.262. The fourth-order valence-electron chi connectivity index (χ4n) is 1.05. The highest BCUT2D eigenvalue weighted by Gasteiger charge is 2.20. The number of nitrogens with one attached hydrogen (secondary N) is 1. The van der Waals surface area contributed by atoms with E-state index in [0.717, 1.165) is 0 Å². The summed E-state index contributed by atoms with van der Waals surface area (Å²) >= 11 is 0. The summed E-state index contributed by atoms with van der Waals surface area (Å²) in [5.41, 5.74) is 0. The molecule has 62 valence electrons. The molecule has 0 aromatic carbocycles. The van der Waals surface area contributed by atoms with Gasteiger partial charge in [-0.15, -0.1) is 0 Å². The van der Waals surface area contributed by atoms with Crippen LogP contribution in [-0.2, 0) is 4.74 Å². The molecule has 0 spiro atoms. The van der Waals surface area contributed by atoms with Gasteiger partial charge < -0.3 is 10.1 Å². The highest BCUT2D eigenvalue weighted by molar-refractivity contribution is 4.89. The van der Waals surface area contributed by atoms with Gasteiger partial charge in [0.15, 0.2) is 6.10 Å². The van der Waals surface area contributed by atoms with Crippen LogP contribution in [0.4, 0.5) is 0 Å². The normalized spacial score (nSPS) is 39.2. The molecule has 3 atom stereocenters. The monoisotopic (exact) mass is 154 g/mol. The van der Waals surface area contributed by atoms with Crippen LogP contribution < -0.4 is 5.32 Å². The molecule has 0 aromatic heterocycles. The molecule has 1 N–H and O–H groups in total. The van der Waals surface area contributed by atoms with Gasteiger partial charge in [-0.05, 0) is 12.8 Å². The van der Waals surface area contributed by atoms with Gasteiger partial charge in [-0.2, -0.15) is 5.26 Å². The minimum Gasteiger partial charge on any atom is -0.362 e. The summed E-state index contributed by atoms with van der Waals surface area (Å²) in [5, 5.41) is 11.8. The van der Waals surface area contributed by atoms with Gasteiger partial charge in [-0.25, -0.2) is 0 Å². The van der Waals surface area contributed by atoms with E-state index in [2.05, 4.69) is 25.2 Å². The number of rotatable bonds is 0. The Morgan fingerprint density at radius 3 is 2.91 bits per heavy atom. The Labute approximate surface area is 67.3 Å². The Bertz CT molecular complexity index is 152. The number of nitriles is 1. The molecule has 3 nitrogen and oxygen atoms in total. The fraction of sp³-hybridized carbons (Fsp3) is 0.875. The van der Waals surface area contributed by atoms with Gasteiger partial charge >= 0.3 is 0 Å². The summed E-state index contributed by atoms with van der Waals surface area (Å²) in [6.45, 7) is 5.58. The van der Waals surface area contributed by atoms with E-state index in [-0.39, 0.29) is 6.10 Å². The van der Waals surface area contributed by atoms with Crippen molar-refractivity contribution in [1.29, 1.82) is 5.26 Å². The van der Waals surface area contributed by atoms with Crippen LogP contribution in [0.1, 0.15) is 13.8 Å². The lowest BCUT2D eigenvalue weighted by atomic mass is 10.1. The van der Waals surface area contributed by atoms with Crippen molar-refractivity contribution in [3.63, 3.8) is 0 Å². The Morgan fingerprint density at radius 1 is 1.55 bits per heavy atom. The van der Waals surface area contributed by atoms with Crippen molar-refractivity contribution < 1.29 is 4.74 Å². The van der Waals surface area contributed by atoms with Crippen LogP contribution in [0.2, 0.25) is 0 Å². The summed E-state index contributed by atoms with van der Waals surface area (Å²) in [7, 11) is 0. The predicted molar refractivity (Wildman–Crippen MR) is 42.0 cm³/mol. The van der Waals surface area contributed by atoms with E-state index in [1.165, 1.54) is 0 Å². The number of ether oxygens (including phenoxy) is 1. The molecule has 0 aliphatic carbocycles. The molecule has 0 bridgehead atoms. The van der Waals surface area contributed by atoms with E-state index in [1.807, 2.05) is 0 Å². The summed E-state index contributed by atoms with van der Waals surface area (Å²) in [6, 6.07) is 2.55. The van der Waals surface area contributed by atoms with Crippen LogP contribution >= 0.6 is 0 Å². The molecule has 1 saturated heterocycles. The third kappa shape index (κ3) is 2.18. The molecule has 1 heterocycles. The molecule has 0 saturated carbocycles. The minimum absolute atomic E-state index is 0.262. The third-order valence-corrected chi connectivity index (χ3v) is 2.18. The fourth-order valence-corrected chi connectivity index (χ4v) is 1.05. The van der Waals surface area contributed by atoms with Gasteiger partial charge in [0.25, 0.3) is 0 Å². The van der Waals surface area contributed by atoms with Gasteiger partial charge in [0.1, 0.15) is 0 Å². The van der Waals surface area contributed by atoms with E-state index in [9.17, 15) is 0 Å². The summed E-state index contributed by atoms with van der Waals surface area (Å²) < 4.78 is 5.31. The Balaban J connectivity index is 2.45. The molecule has 1 fully saturated rings. The molecule has 0 aromatic rings. The first-order valence-corrected chi connectivity index (χ1v) is 3.98. The summed E-state index contributed by atoms with van der Waals surface area (Å²) in [5.74, 6) is 0.494. The molecule has 1 aliphatic heterocycles. The smallest absolute Gasteiger partial charge is 0.156 e. The van der Waals surface area contributed by atoms with Gasteiger partial charge in [0.05, 0.1) is 12.7 Å². The van der Waals surface area contributed by atoms with Crippen molar-refractivity contribution in [3.05, 3.63) is 0 Å². The van der Waals surface area contributed by atoms with Gasteiger partial charge in [-0.1, -0.05) is 6.92 Å². The molecule has 0 amide bonds. The maximum Gasteiger partial charge on any atom is 0.156 e. The Hall–Kier alpha value is -0.590. The molecule has 3 heteroatoms. The van der Waals surface area contributed by atoms with Crippen molar-refractivity contribution in [2.75, 3.05) is 13.2 Å². The topological polar surface area (TPSA) is 45.0 Å². The second-order valence-electron chi connectivity index (χ2n) is 3.13. The first-order chi connectivity index (χ1) is 5.24. The van der Waals surface area contributed by atoms with E-state index < -0.39 is 0 Å². The Kier molecular flexibility index (Phi) is 2.86. The van der Waals surface area contributed by atoms with E-state index in [4.69, 9.17) is 10.00 Å². The quantitative estimate of drug-likeness (QED) is 0.553. The molecule has 11 heavy (non-hydrogen) atoms. The molecule has 3 unspecified atom stereocenters. The molecular weight excluding hydrogens is 140 g/mol. The van der Waals surface area contributed by atoms with Crippen LogP contribution in [0, 0.1) is 17.2 Å². The maximum absolute atomic E-state index is 8.57. The van der Waals surface area contributed by atoms with E-state index >= 15 is 0 Å². The number of nitrogens with zero attached hydrogens (tertiary/aromatic N) is 1. The average molecular weight is 154 g/mol. The summed E-state index contributed by atoms with van der Waals surface area (Å²) in [4.78, 5) is 0. The van der Waals surface area contributed by atoms with Crippen LogP contribution in [0.5, 0.6) is 0 Å². The van der Waals surface area contributed by atoms with Crippen molar-refractivity contribution in [3.8, 4) is 6.07 Å². The maximum atomic E-state index is 8.57. The van der Waals surface area contributed by atoms with Crippen molar-refractivity contribution in [2.45, 2.75) is 26.0 Å². The van der Waals surface area contributed by atoms with Crippen molar-refractivity contribution in [1.82, 2.24) is 5.32 Å². The van der Waals surface area contributed by atoms with Gasteiger partial charge in [0, 0.05) is 12.6 Å². The average Bonchev–Trinajstić information content (AvgIpc) is 2.16. The molecule has 1 aliphatic rings. The lowest BCUT2D eigenvalue weighted by Crippen LogP contribution is -2.33. The molecule has 1 rings (SSSR count). The summed E-state index contributed by atoms with van der Waals surface area (Å²) in [6.07, 6.45) is -0.262. The SMILES string of the molecule is CC1COC(C#N)CNC1C. The zero-order valence-electron chi connectivity index (χ0n) is 7.00. The first-order valence-electron chi connectivity index (χ1n) is 3.98. The molecule has 0 radical (unpaired) electrons. The first kappa shape index (κ1) is 8.51. The molecular formula is C8H14N2O. The number of hydrogen-bond donors (Lipinski definition) is 1. The second-order valence-corrected chi connectivity index (χ2v) is 3.13. The Morgan fingerprint density at radius 2 is 2.27 bits per heavy atom. The van der Waals surface area contributed by atoms with Gasteiger partial charge in [-0.3, -0.25) is 0 Å². The van der Waals surface area contributed by atoms with Crippen molar-refractivity contribution in [2.24, 2.45) is 5.92 Å². The largest absolute Gasteiger partial charge is 0.362 e. The highest BCUT2D eigenvalue weighted by atomic mass is 16.5. The predicted octanol–water partition coefficient (Wildman–Crippen LogP) is 0.523. The van der Waals surface area contributed by atoms with Crippen LogP contribution in [0.25, 0.3) is 0 Å². The lowest BCUT2D eigenvalue weighted by Gasteiger charge is -2.14. The van der Waals surface area contributed by atoms with E-state index in [1.54, 1.807) is 0 Å². The van der Waals surface area contributed by atoms with Crippen LogP contribution in [-0.4, -0.2) is 25.3 Å². The lowest BCUT2D eigenvalue weighted by molar-refractivity contribution is 0.0833. The van der Waals surface area contributed by atoms with Crippen LogP contribution in [0.15, 0.2) is 0 Å². The third-order valence-electron chi connectivity index (χ3n) is 2.18. The second kappa shape index (κ2) is 3.70. The van der Waals surface area contributed by atoms with Crippen LogP contribution in [0.3, 0.4) is 0 Å². The highest BCUT2D eigenvalue weighted by Crippen LogP contribution is 2.08. The number of hydrogen-bond acceptors (Lipinski definition) is 3.